The Kier molecular flexibility index (Phi) is 5.59. The van der Waals surface area contributed by atoms with Crippen LogP contribution in [0, 0.1) is 19.3 Å². The summed E-state index contributed by atoms with van der Waals surface area (Å²) in [5, 5.41) is 0.983. The molecule has 1 unspecified atom stereocenters. The maximum atomic E-state index is 10.7. The zero-order valence-corrected chi connectivity index (χ0v) is 13.6. The molecule has 2 aromatic rings. The molecule has 0 saturated carbocycles. The van der Waals surface area contributed by atoms with Crippen molar-refractivity contribution < 1.29 is 9.53 Å². The van der Waals surface area contributed by atoms with Gasteiger partial charge in [0.1, 0.15) is 5.75 Å². The van der Waals surface area contributed by atoms with Gasteiger partial charge in [0.2, 0.25) is 5.91 Å². The number of unbranched alkanes of at least 4 members (excludes halogenated alkanes) is 1. The van der Waals surface area contributed by atoms with E-state index in [1.807, 2.05) is 32.0 Å². The highest BCUT2D eigenvalue weighted by Crippen LogP contribution is 2.25. The maximum Gasteiger partial charge on any atom is 0.217 e. The number of rotatable bonds is 7. The van der Waals surface area contributed by atoms with Gasteiger partial charge in [0, 0.05) is 23.6 Å². The van der Waals surface area contributed by atoms with E-state index in [1.165, 1.54) is 0 Å². The Morgan fingerprint density at radius 3 is 2.87 bits per heavy atom. The molecule has 0 aliphatic rings. The third-order valence-electron chi connectivity index (χ3n) is 3.73. The molecule has 1 aromatic carbocycles. The molecule has 1 aromatic heterocycles. The minimum atomic E-state index is -0.249. The Balaban J connectivity index is 2.05. The van der Waals surface area contributed by atoms with Crippen molar-refractivity contribution in [1.82, 2.24) is 4.98 Å². The average Bonchev–Trinajstić information content (AvgIpc) is 2.50. The molecular formula is C19H22N2O2. The van der Waals surface area contributed by atoms with Crippen molar-refractivity contribution in [3.63, 3.8) is 0 Å². The van der Waals surface area contributed by atoms with Crippen LogP contribution in [0.3, 0.4) is 0 Å². The fraction of sp³-hybridized carbons (Fsp3) is 0.368. The molecule has 23 heavy (non-hydrogen) atoms. The van der Waals surface area contributed by atoms with Crippen molar-refractivity contribution in [2.75, 3.05) is 0 Å². The standard InChI is InChI=1S/C19H22N2O2/c1-4-15-10-16-11-17(9-13(2)19(16)21-12-15)23-14(3)7-5-6-8-18(20)22/h1,9-12,14H,5-8H2,2-3H3,(H2,20,22). The molecular weight excluding hydrogens is 288 g/mol. The topological polar surface area (TPSA) is 65.2 Å². The third kappa shape index (κ3) is 4.72. The first-order chi connectivity index (χ1) is 11.0. The van der Waals surface area contributed by atoms with Gasteiger partial charge in [-0.3, -0.25) is 9.78 Å². The fourth-order valence-corrected chi connectivity index (χ4v) is 2.57. The Hall–Kier alpha value is -2.54. The minimum Gasteiger partial charge on any atom is -0.491 e. The van der Waals surface area contributed by atoms with Crippen LogP contribution >= 0.6 is 0 Å². The SMILES string of the molecule is C#Cc1cnc2c(C)cc(OC(C)CCCCC(N)=O)cc2c1. The lowest BCUT2D eigenvalue weighted by molar-refractivity contribution is -0.118. The summed E-state index contributed by atoms with van der Waals surface area (Å²) >= 11 is 0. The third-order valence-corrected chi connectivity index (χ3v) is 3.73. The quantitative estimate of drug-likeness (QED) is 0.630. The van der Waals surface area contributed by atoms with Gasteiger partial charge in [-0.15, -0.1) is 6.42 Å². The summed E-state index contributed by atoms with van der Waals surface area (Å²) in [6.07, 6.45) is 10.2. The van der Waals surface area contributed by atoms with Gasteiger partial charge in [0.25, 0.3) is 0 Å². The Morgan fingerprint density at radius 2 is 2.17 bits per heavy atom. The first-order valence-corrected chi connectivity index (χ1v) is 7.81. The van der Waals surface area contributed by atoms with Gasteiger partial charge in [-0.05, 0) is 56.9 Å². The minimum absolute atomic E-state index is 0.0727. The molecule has 4 heteroatoms. The molecule has 120 valence electrons. The zero-order valence-electron chi connectivity index (χ0n) is 13.6. The summed E-state index contributed by atoms with van der Waals surface area (Å²) in [7, 11) is 0. The average molecular weight is 310 g/mol. The predicted octanol–water partition coefficient (Wildman–Crippen LogP) is 3.34. The Labute approximate surface area is 137 Å². The van der Waals surface area contributed by atoms with Crippen LogP contribution in [0.2, 0.25) is 0 Å². The maximum absolute atomic E-state index is 10.7. The number of terminal acetylenes is 1. The van der Waals surface area contributed by atoms with E-state index in [4.69, 9.17) is 16.9 Å². The van der Waals surface area contributed by atoms with E-state index >= 15 is 0 Å². The number of ether oxygens (including phenoxy) is 1. The van der Waals surface area contributed by atoms with Crippen molar-refractivity contribution in [3.05, 3.63) is 35.5 Å². The van der Waals surface area contributed by atoms with Gasteiger partial charge >= 0.3 is 0 Å². The van der Waals surface area contributed by atoms with Crippen LogP contribution in [0.25, 0.3) is 10.9 Å². The van der Waals surface area contributed by atoms with Crippen LogP contribution in [-0.2, 0) is 4.79 Å². The number of pyridine rings is 1. The molecule has 2 rings (SSSR count). The normalized spacial score (nSPS) is 11.9. The van der Waals surface area contributed by atoms with Gasteiger partial charge in [0.15, 0.2) is 0 Å². The van der Waals surface area contributed by atoms with Gasteiger partial charge in [0.05, 0.1) is 11.6 Å². The van der Waals surface area contributed by atoms with Gasteiger partial charge in [-0.2, -0.15) is 0 Å². The molecule has 0 saturated heterocycles. The lowest BCUT2D eigenvalue weighted by Crippen LogP contribution is -2.13. The van der Waals surface area contributed by atoms with Crippen molar-refractivity contribution in [2.45, 2.75) is 45.6 Å². The van der Waals surface area contributed by atoms with Crippen molar-refractivity contribution >= 4 is 16.8 Å². The molecule has 0 bridgehead atoms. The second-order valence-electron chi connectivity index (χ2n) is 5.82. The lowest BCUT2D eigenvalue weighted by Gasteiger charge is -2.16. The van der Waals surface area contributed by atoms with E-state index in [0.717, 1.165) is 47.0 Å². The second kappa shape index (κ2) is 7.64. The van der Waals surface area contributed by atoms with Crippen molar-refractivity contribution in [3.8, 4) is 18.1 Å². The summed E-state index contributed by atoms with van der Waals surface area (Å²) in [4.78, 5) is 15.1. The summed E-state index contributed by atoms with van der Waals surface area (Å²) in [5.74, 6) is 3.16. The number of carbonyl (C=O) groups excluding carboxylic acids is 1. The van der Waals surface area contributed by atoms with Crippen LogP contribution in [0.1, 0.15) is 43.7 Å². The number of aromatic nitrogens is 1. The van der Waals surface area contributed by atoms with Crippen LogP contribution in [0.4, 0.5) is 0 Å². The monoisotopic (exact) mass is 310 g/mol. The van der Waals surface area contributed by atoms with Gasteiger partial charge in [-0.1, -0.05) is 5.92 Å². The number of nitrogens with zero attached hydrogens (tertiary/aromatic N) is 1. The summed E-state index contributed by atoms with van der Waals surface area (Å²) in [6, 6.07) is 5.90. The molecule has 1 amide bonds. The number of nitrogens with two attached hydrogens (primary N) is 1. The number of fused-ring (bicyclic) bond motifs is 1. The van der Waals surface area contributed by atoms with Crippen molar-refractivity contribution in [1.29, 1.82) is 0 Å². The molecule has 0 fully saturated rings. The smallest absolute Gasteiger partial charge is 0.217 e. The molecule has 0 radical (unpaired) electrons. The number of benzene rings is 1. The van der Waals surface area contributed by atoms with Crippen molar-refractivity contribution in [2.24, 2.45) is 5.73 Å². The van der Waals surface area contributed by atoms with E-state index in [2.05, 4.69) is 10.9 Å². The molecule has 1 heterocycles. The largest absolute Gasteiger partial charge is 0.491 e. The highest BCUT2D eigenvalue weighted by molar-refractivity contribution is 5.84. The lowest BCUT2D eigenvalue weighted by atomic mass is 10.1. The van der Waals surface area contributed by atoms with Gasteiger partial charge in [-0.25, -0.2) is 0 Å². The van der Waals surface area contributed by atoms with E-state index in [9.17, 15) is 4.79 Å². The number of primary amides is 1. The number of amides is 1. The highest BCUT2D eigenvalue weighted by atomic mass is 16.5. The molecule has 0 spiro atoms. The van der Waals surface area contributed by atoms with E-state index in [-0.39, 0.29) is 12.0 Å². The molecule has 4 nitrogen and oxygen atoms in total. The Bertz CT molecular complexity index is 747. The fourth-order valence-electron chi connectivity index (χ4n) is 2.57. The first-order valence-electron chi connectivity index (χ1n) is 7.81. The molecule has 0 aliphatic carbocycles. The van der Waals surface area contributed by atoms with Gasteiger partial charge < -0.3 is 10.5 Å². The molecule has 1 atom stereocenters. The van der Waals surface area contributed by atoms with Crippen LogP contribution in [0.15, 0.2) is 24.4 Å². The van der Waals surface area contributed by atoms with Crippen LogP contribution < -0.4 is 10.5 Å². The zero-order chi connectivity index (χ0) is 16.8. The predicted molar refractivity (Wildman–Crippen MR) is 92.2 cm³/mol. The molecule has 0 aliphatic heterocycles. The van der Waals surface area contributed by atoms with Crippen LogP contribution in [-0.4, -0.2) is 17.0 Å². The number of carbonyl (C=O) groups is 1. The van der Waals surface area contributed by atoms with E-state index in [1.54, 1.807) is 6.20 Å². The number of aryl methyl sites for hydroxylation is 1. The molecule has 2 N–H and O–H groups in total. The second-order valence-corrected chi connectivity index (χ2v) is 5.82. The van der Waals surface area contributed by atoms with E-state index in [0.29, 0.717) is 6.42 Å². The highest BCUT2D eigenvalue weighted by Gasteiger charge is 2.08. The number of hydrogen-bond donors (Lipinski definition) is 1. The number of hydrogen-bond acceptors (Lipinski definition) is 3. The summed E-state index contributed by atoms with van der Waals surface area (Å²) in [6.45, 7) is 4.04. The summed E-state index contributed by atoms with van der Waals surface area (Å²) < 4.78 is 5.99. The van der Waals surface area contributed by atoms with E-state index < -0.39 is 0 Å². The summed E-state index contributed by atoms with van der Waals surface area (Å²) in [5.41, 5.74) is 7.89. The van der Waals surface area contributed by atoms with Crippen LogP contribution in [0.5, 0.6) is 5.75 Å². The Morgan fingerprint density at radius 1 is 1.39 bits per heavy atom. The first kappa shape index (κ1) is 16.8.